The lowest BCUT2D eigenvalue weighted by Crippen LogP contribution is -1.91. The molecule has 21 heavy (non-hydrogen) atoms. The molecule has 5 heteroatoms. The van der Waals surface area contributed by atoms with Crippen LogP contribution in [0.15, 0.2) is 18.2 Å². The SMILES string of the molecule is CCCc1nc(-c2cc(OC)ccc2OC)sc1CC#N. The first-order valence-electron chi connectivity index (χ1n) is 6.81. The first-order valence-corrected chi connectivity index (χ1v) is 7.63. The molecular formula is C16H18N2O2S. The van der Waals surface area contributed by atoms with E-state index in [1.807, 2.05) is 18.2 Å². The zero-order valence-electron chi connectivity index (χ0n) is 12.5. The molecule has 110 valence electrons. The Hall–Kier alpha value is -2.06. The maximum atomic E-state index is 8.96. The van der Waals surface area contributed by atoms with Crippen molar-refractivity contribution in [1.82, 2.24) is 4.98 Å². The predicted octanol–water partition coefficient (Wildman–Crippen LogP) is 3.85. The summed E-state index contributed by atoms with van der Waals surface area (Å²) in [6.07, 6.45) is 2.30. The second-order valence-corrected chi connectivity index (χ2v) is 5.62. The molecule has 1 aromatic carbocycles. The van der Waals surface area contributed by atoms with Crippen molar-refractivity contribution in [3.63, 3.8) is 0 Å². The van der Waals surface area contributed by atoms with E-state index in [4.69, 9.17) is 19.7 Å². The van der Waals surface area contributed by atoms with Gasteiger partial charge in [0.15, 0.2) is 0 Å². The number of benzene rings is 1. The second-order valence-electron chi connectivity index (χ2n) is 4.54. The van der Waals surface area contributed by atoms with Gasteiger partial charge in [-0.3, -0.25) is 0 Å². The van der Waals surface area contributed by atoms with Crippen molar-refractivity contribution < 1.29 is 9.47 Å². The highest BCUT2D eigenvalue weighted by Gasteiger charge is 2.16. The molecule has 1 heterocycles. The number of rotatable bonds is 6. The van der Waals surface area contributed by atoms with Crippen molar-refractivity contribution in [2.24, 2.45) is 0 Å². The standard InChI is InChI=1S/C16H18N2O2S/c1-4-5-13-15(8-9-17)21-16(18-13)12-10-11(19-2)6-7-14(12)20-3/h6-7,10H,4-5,8H2,1-3H3. The molecule has 2 rings (SSSR count). The third-order valence-corrected chi connectivity index (χ3v) is 4.27. The average molecular weight is 302 g/mol. The number of nitrogens with zero attached hydrogens (tertiary/aromatic N) is 2. The van der Waals surface area contributed by atoms with Crippen LogP contribution < -0.4 is 9.47 Å². The Bertz CT molecular complexity index is 659. The third kappa shape index (κ3) is 3.34. The van der Waals surface area contributed by atoms with Gasteiger partial charge >= 0.3 is 0 Å². The lowest BCUT2D eigenvalue weighted by molar-refractivity contribution is 0.404. The number of thiazole rings is 1. The molecule has 0 aliphatic carbocycles. The summed E-state index contributed by atoms with van der Waals surface area (Å²) in [5.41, 5.74) is 1.92. The minimum Gasteiger partial charge on any atom is -0.497 e. The molecule has 0 amide bonds. The van der Waals surface area contributed by atoms with Crippen LogP contribution in [-0.4, -0.2) is 19.2 Å². The number of nitriles is 1. The van der Waals surface area contributed by atoms with Gasteiger partial charge in [-0.05, 0) is 24.6 Å². The number of aromatic nitrogens is 1. The van der Waals surface area contributed by atoms with Crippen LogP contribution >= 0.6 is 11.3 Å². The Morgan fingerprint density at radius 2 is 2.10 bits per heavy atom. The molecule has 0 saturated carbocycles. The van der Waals surface area contributed by atoms with E-state index in [1.165, 1.54) is 0 Å². The summed E-state index contributed by atoms with van der Waals surface area (Å²) in [6.45, 7) is 2.11. The molecule has 0 saturated heterocycles. The summed E-state index contributed by atoms with van der Waals surface area (Å²) in [6, 6.07) is 7.87. The lowest BCUT2D eigenvalue weighted by Gasteiger charge is -2.08. The van der Waals surface area contributed by atoms with E-state index in [-0.39, 0.29) is 0 Å². The minimum atomic E-state index is 0.402. The smallest absolute Gasteiger partial charge is 0.129 e. The molecular weight excluding hydrogens is 284 g/mol. The number of methoxy groups -OCH3 is 2. The third-order valence-electron chi connectivity index (χ3n) is 3.14. The molecule has 0 bridgehead atoms. The average Bonchev–Trinajstić information content (AvgIpc) is 2.90. The second kappa shape index (κ2) is 7.09. The van der Waals surface area contributed by atoms with E-state index in [2.05, 4.69) is 13.0 Å². The van der Waals surface area contributed by atoms with Crippen molar-refractivity contribution in [2.45, 2.75) is 26.2 Å². The summed E-state index contributed by atoms with van der Waals surface area (Å²) >= 11 is 1.56. The van der Waals surface area contributed by atoms with Gasteiger partial charge in [-0.25, -0.2) is 4.98 Å². The quantitative estimate of drug-likeness (QED) is 0.813. The van der Waals surface area contributed by atoms with Crippen molar-refractivity contribution in [2.75, 3.05) is 14.2 Å². The number of aryl methyl sites for hydroxylation is 1. The van der Waals surface area contributed by atoms with E-state index in [0.717, 1.165) is 45.5 Å². The van der Waals surface area contributed by atoms with Gasteiger partial charge in [0.1, 0.15) is 16.5 Å². The van der Waals surface area contributed by atoms with Crippen molar-refractivity contribution in [3.8, 4) is 28.1 Å². The van der Waals surface area contributed by atoms with Crippen molar-refractivity contribution in [1.29, 1.82) is 5.26 Å². The molecule has 0 radical (unpaired) electrons. The maximum absolute atomic E-state index is 8.96. The maximum Gasteiger partial charge on any atom is 0.129 e. The molecule has 2 aromatic rings. The zero-order valence-corrected chi connectivity index (χ0v) is 13.3. The fourth-order valence-corrected chi connectivity index (χ4v) is 3.18. The molecule has 4 nitrogen and oxygen atoms in total. The minimum absolute atomic E-state index is 0.402. The van der Waals surface area contributed by atoms with E-state index in [9.17, 15) is 0 Å². The number of ether oxygens (including phenoxy) is 2. The van der Waals surface area contributed by atoms with Crippen LogP contribution in [0.3, 0.4) is 0 Å². The Morgan fingerprint density at radius 1 is 1.29 bits per heavy atom. The van der Waals surface area contributed by atoms with Crippen LogP contribution in [0, 0.1) is 11.3 Å². The van der Waals surface area contributed by atoms with Crippen molar-refractivity contribution >= 4 is 11.3 Å². The first-order chi connectivity index (χ1) is 10.2. The van der Waals surface area contributed by atoms with Crippen LogP contribution in [0.1, 0.15) is 23.9 Å². The van der Waals surface area contributed by atoms with Gasteiger partial charge in [0.2, 0.25) is 0 Å². The molecule has 0 unspecified atom stereocenters. The number of hydrogen-bond donors (Lipinski definition) is 0. The highest BCUT2D eigenvalue weighted by atomic mass is 32.1. The van der Waals surface area contributed by atoms with E-state index >= 15 is 0 Å². The van der Waals surface area contributed by atoms with E-state index < -0.39 is 0 Å². The number of hydrogen-bond acceptors (Lipinski definition) is 5. The summed E-state index contributed by atoms with van der Waals surface area (Å²) < 4.78 is 10.7. The van der Waals surface area contributed by atoms with Crippen molar-refractivity contribution in [3.05, 3.63) is 28.8 Å². The van der Waals surface area contributed by atoms with E-state index in [0.29, 0.717) is 6.42 Å². The van der Waals surface area contributed by atoms with Crippen LogP contribution in [-0.2, 0) is 12.8 Å². The van der Waals surface area contributed by atoms with Gasteiger partial charge in [-0.2, -0.15) is 5.26 Å². The fourth-order valence-electron chi connectivity index (χ4n) is 2.12. The Balaban J connectivity index is 2.50. The molecule has 0 aliphatic heterocycles. The van der Waals surface area contributed by atoms with E-state index in [1.54, 1.807) is 25.6 Å². The fraction of sp³-hybridized carbons (Fsp3) is 0.375. The van der Waals surface area contributed by atoms with Crippen LogP contribution in [0.2, 0.25) is 0 Å². The summed E-state index contributed by atoms with van der Waals surface area (Å²) in [4.78, 5) is 5.75. The van der Waals surface area contributed by atoms with Gasteiger partial charge in [-0.1, -0.05) is 13.3 Å². The largest absolute Gasteiger partial charge is 0.497 e. The Morgan fingerprint density at radius 3 is 2.71 bits per heavy atom. The molecule has 0 atom stereocenters. The zero-order chi connectivity index (χ0) is 15.2. The monoisotopic (exact) mass is 302 g/mol. The van der Waals surface area contributed by atoms with Crippen LogP contribution in [0.4, 0.5) is 0 Å². The van der Waals surface area contributed by atoms with Gasteiger partial charge < -0.3 is 9.47 Å². The van der Waals surface area contributed by atoms with Gasteiger partial charge in [0.05, 0.1) is 38.0 Å². The summed E-state index contributed by atoms with van der Waals surface area (Å²) in [5, 5.41) is 9.83. The van der Waals surface area contributed by atoms with Crippen LogP contribution in [0.5, 0.6) is 11.5 Å². The summed E-state index contributed by atoms with van der Waals surface area (Å²) in [5.74, 6) is 1.52. The van der Waals surface area contributed by atoms with Crippen LogP contribution in [0.25, 0.3) is 10.6 Å². The molecule has 0 N–H and O–H groups in total. The molecule has 0 spiro atoms. The van der Waals surface area contributed by atoms with Gasteiger partial charge in [0, 0.05) is 4.88 Å². The van der Waals surface area contributed by atoms with Gasteiger partial charge in [0.25, 0.3) is 0 Å². The predicted molar refractivity (Wildman–Crippen MR) is 84.0 cm³/mol. The summed E-state index contributed by atoms with van der Waals surface area (Å²) in [7, 11) is 3.28. The topological polar surface area (TPSA) is 55.1 Å². The molecule has 1 aromatic heterocycles. The van der Waals surface area contributed by atoms with Gasteiger partial charge in [-0.15, -0.1) is 11.3 Å². The highest BCUT2D eigenvalue weighted by Crippen LogP contribution is 2.37. The Labute approximate surface area is 129 Å². The first kappa shape index (κ1) is 15.3. The molecule has 0 fully saturated rings. The Kier molecular flexibility index (Phi) is 5.18. The lowest BCUT2D eigenvalue weighted by atomic mass is 10.2. The molecule has 0 aliphatic rings. The normalized spacial score (nSPS) is 10.2. The highest BCUT2D eigenvalue weighted by molar-refractivity contribution is 7.15.